The van der Waals surface area contributed by atoms with Gasteiger partial charge >= 0.3 is 7.52 Å². The monoisotopic (exact) mass is 386 g/mol. The third kappa shape index (κ3) is 4.80. The average molecular weight is 386 g/mol. The van der Waals surface area contributed by atoms with Crippen LogP contribution in [0.25, 0.3) is 0 Å². The summed E-state index contributed by atoms with van der Waals surface area (Å²) in [6.45, 7) is 8.70. The number of anilines is 1. The van der Waals surface area contributed by atoms with Crippen LogP contribution < -0.4 is 10.4 Å². The van der Waals surface area contributed by atoms with E-state index in [1.807, 2.05) is 49.4 Å². The lowest BCUT2D eigenvalue weighted by Crippen LogP contribution is -2.35. The lowest BCUT2D eigenvalue weighted by atomic mass is 9.75. The largest absolute Gasteiger partial charge is 0.325 e. The molecule has 1 N–H and O–H groups in total. The van der Waals surface area contributed by atoms with Crippen molar-refractivity contribution in [3.05, 3.63) is 54.2 Å². The minimum absolute atomic E-state index is 0.0173. The summed E-state index contributed by atoms with van der Waals surface area (Å²) in [5.74, 6) is 2.13. The van der Waals surface area contributed by atoms with E-state index < -0.39 is 7.52 Å². The standard InChI is InChI=1S/C22H31N2O2P/c1-16(2)20-13-12-17(3)15-21(20)26-27(25,19-10-6-5-7-11-19)24-22-18(4)9-8-14-23-22/h5-11,14,16-17,20-21H,12-13,15H2,1-4H3,(H,23,24,25)/t17-,20+,21+,27+/m0/s1. The van der Waals surface area contributed by atoms with Gasteiger partial charge in [0, 0.05) is 6.20 Å². The number of nitrogens with one attached hydrogen (secondary N) is 1. The third-order valence-corrected chi connectivity index (χ3v) is 7.66. The first-order valence-corrected chi connectivity index (χ1v) is 11.6. The van der Waals surface area contributed by atoms with Crippen LogP contribution in [0.1, 0.15) is 45.6 Å². The van der Waals surface area contributed by atoms with Crippen LogP contribution in [0.15, 0.2) is 48.7 Å². The molecule has 27 heavy (non-hydrogen) atoms. The van der Waals surface area contributed by atoms with Crippen molar-refractivity contribution in [1.29, 1.82) is 0 Å². The van der Waals surface area contributed by atoms with E-state index in [4.69, 9.17) is 4.52 Å². The Morgan fingerprint density at radius 1 is 1.15 bits per heavy atom. The van der Waals surface area contributed by atoms with Gasteiger partial charge in [-0.1, -0.05) is 51.5 Å². The zero-order chi connectivity index (χ0) is 19.4. The number of benzene rings is 1. The molecule has 0 radical (unpaired) electrons. The first-order valence-electron chi connectivity index (χ1n) is 9.93. The van der Waals surface area contributed by atoms with Gasteiger partial charge in [0.15, 0.2) is 0 Å². The fraction of sp³-hybridized carbons (Fsp3) is 0.500. The number of pyridine rings is 1. The van der Waals surface area contributed by atoms with Crippen LogP contribution in [0.2, 0.25) is 0 Å². The van der Waals surface area contributed by atoms with Crippen LogP contribution >= 0.6 is 7.52 Å². The van der Waals surface area contributed by atoms with Gasteiger partial charge in [-0.05, 0) is 61.3 Å². The lowest BCUT2D eigenvalue weighted by Gasteiger charge is -2.39. The van der Waals surface area contributed by atoms with Crippen LogP contribution in [-0.2, 0) is 9.09 Å². The number of aryl methyl sites for hydroxylation is 1. The summed E-state index contributed by atoms with van der Waals surface area (Å²) in [6.07, 6.45) is 4.98. The quantitative estimate of drug-likeness (QED) is 0.638. The van der Waals surface area contributed by atoms with E-state index >= 15 is 0 Å². The average Bonchev–Trinajstić information content (AvgIpc) is 2.64. The Balaban J connectivity index is 1.95. The maximum absolute atomic E-state index is 14.1. The second-order valence-corrected chi connectivity index (χ2v) is 10.2. The maximum atomic E-state index is 14.1. The van der Waals surface area contributed by atoms with Crippen molar-refractivity contribution >= 4 is 18.6 Å². The van der Waals surface area contributed by atoms with E-state index in [2.05, 4.69) is 30.8 Å². The van der Waals surface area contributed by atoms with Gasteiger partial charge < -0.3 is 4.52 Å². The molecular formula is C22H31N2O2P. The molecular weight excluding hydrogens is 355 g/mol. The fourth-order valence-corrected chi connectivity index (χ4v) is 5.95. The Morgan fingerprint density at radius 3 is 2.56 bits per heavy atom. The van der Waals surface area contributed by atoms with E-state index in [0.717, 1.165) is 18.4 Å². The second-order valence-electron chi connectivity index (χ2n) is 8.14. The zero-order valence-electron chi connectivity index (χ0n) is 16.8. The summed E-state index contributed by atoms with van der Waals surface area (Å²) in [5.41, 5.74) is 0.953. The molecule has 146 valence electrons. The molecule has 0 aliphatic heterocycles. The number of aromatic nitrogens is 1. The number of nitrogens with zero attached hydrogens (tertiary/aromatic N) is 1. The molecule has 1 aromatic carbocycles. The topological polar surface area (TPSA) is 51.2 Å². The summed E-state index contributed by atoms with van der Waals surface area (Å²) in [6, 6.07) is 13.3. The molecule has 0 bridgehead atoms. The van der Waals surface area contributed by atoms with E-state index in [0.29, 0.717) is 28.9 Å². The SMILES string of the molecule is Cc1cccnc1N[P@](=O)(O[C@@H]1C[C@@H](C)CC[C@@H]1C(C)C)c1ccccc1. The Morgan fingerprint density at radius 2 is 1.89 bits per heavy atom. The second kappa shape index (κ2) is 8.58. The summed E-state index contributed by atoms with van der Waals surface area (Å²) in [5, 5.41) is 3.87. The van der Waals surface area contributed by atoms with Gasteiger partial charge in [-0.25, -0.2) is 4.98 Å². The molecule has 1 aromatic heterocycles. The van der Waals surface area contributed by atoms with Gasteiger partial charge in [-0.15, -0.1) is 0 Å². The Hall–Kier alpha value is -1.64. The predicted molar refractivity (Wildman–Crippen MR) is 112 cm³/mol. The highest BCUT2D eigenvalue weighted by Gasteiger charge is 2.38. The van der Waals surface area contributed by atoms with Crippen molar-refractivity contribution < 1.29 is 9.09 Å². The zero-order valence-corrected chi connectivity index (χ0v) is 17.7. The van der Waals surface area contributed by atoms with Crippen molar-refractivity contribution in [2.45, 2.75) is 53.1 Å². The van der Waals surface area contributed by atoms with E-state index in [1.165, 1.54) is 6.42 Å². The Kier molecular flexibility index (Phi) is 6.39. The van der Waals surface area contributed by atoms with Crippen molar-refractivity contribution in [1.82, 2.24) is 4.98 Å². The van der Waals surface area contributed by atoms with Crippen LogP contribution in [0, 0.1) is 24.7 Å². The molecule has 2 aromatic rings. The Labute approximate surface area is 163 Å². The first-order chi connectivity index (χ1) is 12.9. The van der Waals surface area contributed by atoms with Gasteiger partial charge in [0.05, 0.1) is 11.4 Å². The molecule has 0 unspecified atom stereocenters. The van der Waals surface area contributed by atoms with Gasteiger partial charge in [-0.2, -0.15) is 0 Å². The van der Waals surface area contributed by atoms with Crippen molar-refractivity contribution in [2.75, 3.05) is 5.09 Å². The van der Waals surface area contributed by atoms with Gasteiger partial charge in [-0.3, -0.25) is 9.65 Å². The van der Waals surface area contributed by atoms with Gasteiger partial charge in [0.2, 0.25) is 0 Å². The molecule has 5 heteroatoms. The highest BCUT2D eigenvalue weighted by molar-refractivity contribution is 7.68. The maximum Gasteiger partial charge on any atom is 0.325 e. The number of hydrogen-bond acceptors (Lipinski definition) is 3. The van der Waals surface area contributed by atoms with Gasteiger partial charge in [0.25, 0.3) is 0 Å². The van der Waals surface area contributed by atoms with Crippen molar-refractivity contribution in [3.63, 3.8) is 0 Å². The first kappa shape index (κ1) is 20.1. The van der Waals surface area contributed by atoms with E-state index in [9.17, 15) is 4.57 Å². The number of rotatable bonds is 6. The molecule has 1 aliphatic rings. The summed E-state index contributed by atoms with van der Waals surface area (Å²) in [4.78, 5) is 4.39. The predicted octanol–water partition coefficient (Wildman–Crippen LogP) is 5.80. The van der Waals surface area contributed by atoms with Crippen LogP contribution in [0.4, 0.5) is 5.82 Å². The smallest absolute Gasteiger partial charge is 0.306 e. The summed E-state index contributed by atoms with van der Waals surface area (Å²) in [7, 11) is -3.31. The van der Waals surface area contributed by atoms with Gasteiger partial charge in [0.1, 0.15) is 5.82 Å². The molecule has 1 heterocycles. The molecule has 0 amide bonds. The fourth-order valence-electron chi connectivity index (χ4n) is 3.94. The molecule has 1 fully saturated rings. The third-order valence-electron chi connectivity index (χ3n) is 5.60. The molecule has 0 saturated heterocycles. The summed E-state index contributed by atoms with van der Waals surface area (Å²) >= 11 is 0. The molecule has 3 rings (SSSR count). The molecule has 1 saturated carbocycles. The Bertz CT molecular complexity index is 794. The summed E-state index contributed by atoms with van der Waals surface area (Å²) < 4.78 is 20.6. The molecule has 0 spiro atoms. The highest BCUT2D eigenvalue weighted by atomic mass is 31.2. The molecule has 4 nitrogen and oxygen atoms in total. The lowest BCUT2D eigenvalue weighted by molar-refractivity contribution is 0.0505. The van der Waals surface area contributed by atoms with Crippen molar-refractivity contribution in [3.8, 4) is 0 Å². The van der Waals surface area contributed by atoms with E-state index in [-0.39, 0.29) is 6.10 Å². The molecule has 1 aliphatic carbocycles. The molecule has 4 atom stereocenters. The van der Waals surface area contributed by atoms with Crippen LogP contribution in [-0.4, -0.2) is 11.1 Å². The van der Waals surface area contributed by atoms with Crippen molar-refractivity contribution in [2.24, 2.45) is 17.8 Å². The number of hydrogen-bond donors (Lipinski definition) is 1. The normalized spacial score (nSPS) is 25.1. The van der Waals surface area contributed by atoms with Crippen LogP contribution in [0.3, 0.4) is 0 Å². The van der Waals surface area contributed by atoms with Crippen LogP contribution in [0.5, 0.6) is 0 Å². The minimum Gasteiger partial charge on any atom is -0.306 e. The van der Waals surface area contributed by atoms with E-state index in [1.54, 1.807) is 6.20 Å². The minimum atomic E-state index is -3.31. The highest BCUT2D eigenvalue weighted by Crippen LogP contribution is 2.51.